The van der Waals surface area contributed by atoms with Gasteiger partial charge in [-0.15, -0.1) is 0 Å². The number of aryl methyl sites for hydroxylation is 1. The molecule has 0 bridgehead atoms. The fourth-order valence-electron chi connectivity index (χ4n) is 2.43. The molecule has 0 radical (unpaired) electrons. The highest BCUT2D eigenvalue weighted by atomic mass is 32.2. The molecular weight excluding hydrogens is 332 g/mol. The number of rotatable bonds is 5. The van der Waals surface area contributed by atoms with Gasteiger partial charge < -0.3 is 10.1 Å². The summed E-state index contributed by atoms with van der Waals surface area (Å²) in [6.45, 7) is 1.80. The molecule has 9 heteroatoms. The Morgan fingerprint density at radius 3 is 2.75 bits per heavy atom. The van der Waals surface area contributed by atoms with Gasteiger partial charge in [-0.2, -0.15) is 5.10 Å². The van der Waals surface area contributed by atoms with E-state index in [1.165, 1.54) is 12.1 Å². The maximum Gasteiger partial charge on any atom is 0.271 e. The van der Waals surface area contributed by atoms with Crippen LogP contribution >= 0.6 is 0 Å². The minimum Gasteiger partial charge on any atom is -0.478 e. The average molecular weight is 350 g/mol. The Morgan fingerprint density at radius 1 is 1.33 bits per heavy atom. The van der Waals surface area contributed by atoms with Gasteiger partial charge in [-0.05, 0) is 24.1 Å². The van der Waals surface area contributed by atoms with E-state index in [-0.39, 0.29) is 10.8 Å². The van der Waals surface area contributed by atoms with Gasteiger partial charge in [0.1, 0.15) is 0 Å². The highest BCUT2D eigenvalue weighted by molar-refractivity contribution is 7.89. The number of ether oxygens (including phenoxy) is 1. The number of hydrogen-bond donors (Lipinski definition) is 2. The molecule has 1 amide bonds. The van der Waals surface area contributed by atoms with Gasteiger partial charge >= 0.3 is 0 Å². The van der Waals surface area contributed by atoms with Crippen molar-refractivity contribution in [1.29, 1.82) is 0 Å². The first-order chi connectivity index (χ1) is 11.4. The summed E-state index contributed by atoms with van der Waals surface area (Å²) in [5, 5.41) is 12.1. The number of sulfonamides is 1. The standard InChI is InChI=1S/C15H18N4O4S/c16-24(21,22)12-4-2-11(3-5-12)6-7-17-15(20)13-10-14-19(18-13)8-1-9-23-14/h2-5,10H,1,6-9H2,(H,17,20)(H2,16,21,22). The first-order valence-electron chi connectivity index (χ1n) is 7.54. The zero-order chi connectivity index (χ0) is 17.2. The van der Waals surface area contributed by atoms with Crippen molar-refractivity contribution in [3.8, 4) is 5.88 Å². The summed E-state index contributed by atoms with van der Waals surface area (Å²) in [7, 11) is -3.68. The van der Waals surface area contributed by atoms with Gasteiger partial charge in [0.05, 0.1) is 11.5 Å². The zero-order valence-electron chi connectivity index (χ0n) is 12.9. The normalized spacial score (nSPS) is 13.9. The van der Waals surface area contributed by atoms with Crippen LogP contribution in [0, 0.1) is 0 Å². The zero-order valence-corrected chi connectivity index (χ0v) is 13.8. The summed E-state index contributed by atoms with van der Waals surface area (Å²) in [6, 6.07) is 7.89. The maximum absolute atomic E-state index is 12.1. The van der Waals surface area contributed by atoms with Crippen molar-refractivity contribution in [2.45, 2.75) is 24.3 Å². The second-order valence-corrected chi connectivity index (χ2v) is 7.05. The lowest BCUT2D eigenvalue weighted by Gasteiger charge is -2.13. The van der Waals surface area contributed by atoms with Gasteiger partial charge in [-0.25, -0.2) is 18.2 Å². The molecule has 0 spiro atoms. The third-order valence-electron chi connectivity index (χ3n) is 3.69. The van der Waals surface area contributed by atoms with E-state index >= 15 is 0 Å². The number of nitrogens with zero attached hydrogens (tertiary/aromatic N) is 2. The molecule has 1 aromatic heterocycles. The van der Waals surface area contributed by atoms with Crippen molar-refractivity contribution in [1.82, 2.24) is 15.1 Å². The lowest BCUT2D eigenvalue weighted by atomic mass is 10.1. The molecule has 0 unspecified atom stereocenters. The smallest absolute Gasteiger partial charge is 0.271 e. The molecular formula is C15H18N4O4S. The van der Waals surface area contributed by atoms with E-state index < -0.39 is 10.0 Å². The Hall–Kier alpha value is -2.39. The van der Waals surface area contributed by atoms with Gasteiger partial charge in [0.15, 0.2) is 5.69 Å². The number of amides is 1. The van der Waals surface area contributed by atoms with E-state index in [1.807, 2.05) is 0 Å². The molecule has 1 aliphatic heterocycles. The van der Waals surface area contributed by atoms with Crippen molar-refractivity contribution >= 4 is 15.9 Å². The van der Waals surface area contributed by atoms with Crippen LogP contribution in [0.1, 0.15) is 22.5 Å². The number of nitrogens with one attached hydrogen (secondary N) is 1. The first kappa shape index (κ1) is 16.5. The first-order valence-corrected chi connectivity index (χ1v) is 9.09. The van der Waals surface area contributed by atoms with Crippen LogP contribution in [0.25, 0.3) is 0 Å². The fourth-order valence-corrected chi connectivity index (χ4v) is 2.95. The topological polar surface area (TPSA) is 116 Å². The summed E-state index contributed by atoms with van der Waals surface area (Å²) in [5.41, 5.74) is 1.23. The van der Waals surface area contributed by atoms with E-state index in [0.717, 1.165) is 18.5 Å². The number of benzene rings is 1. The van der Waals surface area contributed by atoms with Gasteiger partial charge in [-0.1, -0.05) is 12.1 Å². The van der Waals surface area contributed by atoms with E-state index in [0.29, 0.717) is 31.1 Å². The van der Waals surface area contributed by atoms with Crippen molar-refractivity contribution in [3.05, 3.63) is 41.6 Å². The third kappa shape index (κ3) is 3.74. The largest absolute Gasteiger partial charge is 0.478 e. The average Bonchev–Trinajstić information content (AvgIpc) is 2.98. The molecule has 0 saturated heterocycles. The Kier molecular flexibility index (Phi) is 4.54. The molecule has 0 aliphatic carbocycles. The number of carbonyl (C=O) groups is 1. The molecule has 8 nitrogen and oxygen atoms in total. The monoisotopic (exact) mass is 350 g/mol. The lowest BCUT2D eigenvalue weighted by Crippen LogP contribution is -2.26. The van der Waals surface area contributed by atoms with Crippen LogP contribution in [-0.4, -0.2) is 37.3 Å². The quantitative estimate of drug-likeness (QED) is 0.804. The minimum absolute atomic E-state index is 0.0684. The van der Waals surface area contributed by atoms with E-state index in [2.05, 4.69) is 10.4 Å². The summed E-state index contributed by atoms with van der Waals surface area (Å²) in [6.07, 6.45) is 1.45. The Labute approximate surface area is 139 Å². The molecule has 2 heterocycles. The maximum atomic E-state index is 12.1. The molecule has 0 atom stereocenters. The number of nitrogens with two attached hydrogens (primary N) is 1. The third-order valence-corrected chi connectivity index (χ3v) is 4.62. The van der Waals surface area contributed by atoms with E-state index in [1.54, 1.807) is 22.9 Å². The van der Waals surface area contributed by atoms with Gasteiger partial charge in [-0.3, -0.25) is 4.79 Å². The number of carbonyl (C=O) groups excluding carboxylic acids is 1. The van der Waals surface area contributed by atoms with Crippen LogP contribution in [0.15, 0.2) is 35.2 Å². The van der Waals surface area contributed by atoms with E-state index in [4.69, 9.17) is 9.88 Å². The lowest BCUT2D eigenvalue weighted by molar-refractivity contribution is 0.0948. The van der Waals surface area contributed by atoms with Crippen LogP contribution in [0.4, 0.5) is 0 Å². The van der Waals surface area contributed by atoms with Crippen molar-refractivity contribution in [2.75, 3.05) is 13.2 Å². The fraction of sp³-hybridized carbons (Fsp3) is 0.333. The minimum atomic E-state index is -3.68. The second kappa shape index (κ2) is 6.62. The van der Waals surface area contributed by atoms with Gasteiger partial charge in [0.2, 0.25) is 15.9 Å². The van der Waals surface area contributed by atoms with Crippen LogP contribution in [0.3, 0.4) is 0 Å². The predicted molar refractivity (Wildman–Crippen MR) is 86.2 cm³/mol. The Morgan fingerprint density at radius 2 is 2.08 bits per heavy atom. The molecule has 3 N–H and O–H groups in total. The van der Waals surface area contributed by atoms with Crippen molar-refractivity contribution in [2.24, 2.45) is 5.14 Å². The highest BCUT2D eigenvalue weighted by Gasteiger charge is 2.17. The summed E-state index contributed by atoms with van der Waals surface area (Å²) >= 11 is 0. The summed E-state index contributed by atoms with van der Waals surface area (Å²) in [5.74, 6) is 0.353. The molecule has 24 heavy (non-hydrogen) atoms. The van der Waals surface area contributed by atoms with Crippen LogP contribution in [0.2, 0.25) is 0 Å². The SMILES string of the molecule is NS(=O)(=O)c1ccc(CCNC(=O)c2cc3n(n2)CCCO3)cc1. The Bertz CT molecular complexity index is 819. The highest BCUT2D eigenvalue weighted by Crippen LogP contribution is 2.18. The molecule has 0 fully saturated rings. The molecule has 0 saturated carbocycles. The predicted octanol–water partition coefficient (Wildman–Crippen LogP) is 0.285. The van der Waals surface area contributed by atoms with Crippen molar-refractivity contribution in [3.63, 3.8) is 0 Å². The van der Waals surface area contributed by atoms with Crippen LogP contribution in [-0.2, 0) is 23.0 Å². The Balaban J connectivity index is 1.54. The number of hydrogen-bond acceptors (Lipinski definition) is 5. The molecule has 2 aromatic rings. The van der Waals surface area contributed by atoms with Gasteiger partial charge in [0.25, 0.3) is 5.91 Å². The van der Waals surface area contributed by atoms with Crippen molar-refractivity contribution < 1.29 is 17.9 Å². The van der Waals surface area contributed by atoms with Crippen LogP contribution < -0.4 is 15.2 Å². The number of aromatic nitrogens is 2. The molecule has 128 valence electrons. The molecule has 3 rings (SSSR count). The van der Waals surface area contributed by atoms with Crippen LogP contribution in [0.5, 0.6) is 5.88 Å². The van der Waals surface area contributed by atoms with E-state index in [9.17, 15) is 13.2 Å². The summed E-state index contributed by atoms with van der Waals surface area (Å²) in [4.78, 5) is 12.2. The molecule has 1 aromatic carbocycles. The summed E-state index contributed by atoms with van der Waals surface area (Å²) < 4.78 is 29.5. The van der Waals surface area contributed by atoms with Gasteiger partial charge in [0, 0.05) is 25.6 Å². The number of primary sulfonamides is 1. The second-order valence-electron chi connectivity index (χ2n) is 5.49. The molecule has 1 aliphatic rings. The number of fused-ring (bicyclic) bond motifs is 1.